The first-order valence-electron chi connectivity index (χ1n) is 4.44. The fourth-order valence-electron chi connectivity index (χ4n) is 0.672. The maximum Gasteiger partial charge on any atom is 0.373 e. The number of carbonyl (C=O) groups is 4. The molecule has 0 heterocycles. The third-order valence-corrected chi connectivity index (χ3v) is 1.44. The molecular formula is C8H10O10. The van der Waals surface area contributed by atoms with Gasteiger partial charge in [0.15, 0.2) is 0 Å². The zero-order valence-electron chi connectivity index (χ0n) is 8.81. The van der Waals surface area contributed by atoms with Crippen LogP contribution in [0.15, 0.2) is 0 Å². The molecule has 0 bridgehead atoms. The zero-order valence-corrected chi connectivity index (χ0v) is 8.81. The molecule has 4 N–H and O–H groups in total. The SMILES string of the molecule is O=C(CCC(=O)OC(O)C(=O)O)OC(O)C(=O)O. The van der Waals surface area contributed by atoms with Crippen molar-refractivity contribution < 1.29 is 49.1 Å². The smallest absolute Gasteiger partial charge is 0.373 e. The van der Waals surface area contributed by atoms with Crippen LogP contribution in [0.2, 0.25) is 0 Å². The van der Waals surface area contributed by atoms with E-state index in [1.807, 2.05) is 0 Å². The summed E-state index contributed by atoms with van der Waals surface area (Å²) in [7, 11) is 0. The molecule has 10 heteroatoms. The number of esters is 2. The van der Waals surface area contributed by atoms with E-state index in [1.54, 1.807) is 0 Å². The molecule has 0 spiro atoms. The minimum absolute atomic E-state index is 0.643. The number of rotatable bonds is 7. The molecule has 0 aromatic carbocycles. The van der Waals surface area contributed by atoms with Gasteiger partial charge in [0.2, 0.25) is 0 Å². The van der Waals surface area contributed by atoms with Gasteiger partial charge in [0.05, 0.1) is 12.8 Å². The standard InChI is InChI=1S/C8H10O10/c9-3(17-7(15)5(11)12)1-2-4(10)18-8(16)6(13)14/h7-8,15-16H,1-2H2,(H,11,12)(H,13,14). The van der Waals surface area contributed by atoms with E-state index in [0.717, 1.165) is 0 Å². The van der Waals surface area contributed by atoms with E-state index < -0.39 is 49.3 Å². The van der Waals surface area contributed by atoms with Crippen molar-refractivity contribution >= 4 is 23.9 Å². The van der Waals surface area contributed by atoms with Crippen molar-refractivity contribution in [2.45, 2.75) is 25.4 Å². The van der Waals surface area contributed by atoms with E-state index in [-0.39, 0.29) is 0 Å². The van der Waals surface area contributed by atoms with Gasteiger partial charge in [0.1, 0.15) is 0 Å². The van der Waals surface area contributed by atoms with Crippen LogP contribution < -0.4 is 0 Å². The van der Waals surface area contributed by atoms with Crippen LogP contribution in [0.4, 0.5) is 0 Å². The van der Waals surface area contributed by atoms with Gasteiger partial charge in [-0.05, 0) is 0 Å². The largest absolute Gasteiger partial charge is 0.477 e. The number of carboxylic acids is 2. The quantitative estimate of drug-likeness (QED) is 0.289. The Kier molecular flexibility index (Phi) is 6.31. The first-order valence-corrected chi connectivity index (χ1v) is 4.44. The molecule has 10 nitrogen and oxygen atoms in total. The average Bonchev–Trinajstić information content (AvgIpc) is 2.25. The van der Waals surface area contributed by atoms with E-state index in [1.165, 1.54) is 0 Å². The summed E-state index contributed by atoms with van der Waals surface area (Å²) in [6, 6.07) is 0. The molecule has 18 heavy (non-hydrogen) atoms. The molecule has 0 radical (unpaired) electrons. The summed E-state index contributed by atoms with van der Waals surface area (Å²) in [5.74, 6) is -5.97. The van der Waals surface area contributed by atoms with Crippen molar-refractivity contribution in [3.8, 4) is 0 Å². The summed E-state index contributed by atoms with van der Waals surface area (Å²) in [5, 5.41) is 33.5. The summed E-state index contributed by atoms with van der Waals surface area (Å²) in [6.07, 6.45) is -5.98. The third-order valence-electron chi connectivity index (χ3n) is 1.44. The molecule has 0 aliphatic heterocycles. The second-order valence-electron chi connectivity index (χ2n) is 2.86. The molecule has 0 aliphatic rings. The first kappa shape index (κ1) is 15.8. The number of hydrogen-bond acceptors (Lipinski definition) is 8. The Labute approximate surface area is 99.3 Å². The van der Waals surface area contributed by atoms with Crippen LogP contribution >= 0.6 is 0 Å². The van der Waals surface area contributed by atoms with Crippen LogP contribution in [0.1, 0.15) is 12.8 Å². The van der Waals surface area contributed by atoms with Gasteiger partial charge in [-0.25, -0.2) is 9.59 Å². The lowest BCUT2D eigenvalue weighted by molar-refractivity contribution is -0.190. The Hall–Kier alpha value is -2.20. The molecular weight excluding hydrogens is 256 g/mol. The Morgan fingerprint density at radius 3 is 1.28 bits per heavy atom. The van der Waals surface area contributed by atoms with Gasteiger partial charge in [0.25, 0.3) is 12.6 Å². The Morgan fingerprint density at radius 2 is 1.06 bits per heavy atom. The number of aliphatic hydroxyl groups excluding tert-OH is 2. The van der Waals surface area contributed by atoms with Gasteiger partial charge in [-0.3, -0.25) is 9.59 Å². The summed E-state index contributed by atoms with van der Waals surface area (Å²) in [6.45, 7) is 0. The zero-order chi connectivity index (χ0) is 14.3. The molecule has 0 saturated carbocycles. The molecule has 0 aromatic heterocycles. The van der Waals surface area contributed by atoms with Crippen molar-refractivity contribution in [3.05, 3.63) is 0 Å². The van der Waals surface area contributed by atoms with Crippen LogP contribution in [-0.4, -0.2) is 56.9 Å². The monoisotopic (exact) mass is 266 g/mol. The minimum Gasteiger partial charge on any atom is -0.477 e. The number of aliphatic carboxylic acids is 2. The fraction of sp³-hybridized carbons (Fsp3) is 0.500. The van der Waals surface area contributed by atoms with Crippen molar-refractivity contribution in [2.24, 2.45) is 0 Å². The van der Waals surface area contributed by atoms with Crippen molar-refractivity contribution in [1.29, 1.82) is 0 Å². The summed E-state index contributed by atoms with van der Waals surface area (Å²) in [5.41, 5.74) is 0. The van der Waals surface area contributed by atoms with E-state index in [9.17, 15) is 19.2 Å². The summed E-state index contributed by atoms with van der Waals surface area (Å²) < 4.78 is 7.89. The van der Waals surface area contributed by atoms with Gasteiger partial charge >= 0.3 is 23.9 Å². The second-order valence-corrected chi connectivity index (χ2v) is 2.86. The first-order chi connectivity index (χ1) is 8.23. The molecule has 2 atom stereocenters. The minimum atomic E-state index is -2.35. The lowest BCUT2D eigenvalue weighted by Gasteiger charge is -2.08. The third kappa shape index (κ3) is 6.40. The maximum atomic E-state index is 10.8. The molecule has 0 fully saturated rings. The number of hydrogen-bond donors (Lipinski definition) is 4. The highest BCUT2D eigenvalue weighted by atomic mass is 16.7. The fourth-order valence-corrected chi connectivity index (χ4v) is 0.672. The highest BCUT2D eigenvalue weighted by Crippen LogP contribution is 2.00. The molecule has 0 aliphatic carbocycles. The van der Waals surface area contributed by atoms with Gasteiger partial charge < -0.3 is 29.9 Å². The highest BCUT2D eigenvalue weighted by Gasteiger charge is 2.21. The highest BCUT2D eigenvalue weighted by molar-refractivity contribution is 5.81. The van der Waals surface area contributed by atoms with Crippen LogP contribution in [-0.2, 0) is 28.7 Å². The predicted octanol–water partition coefficient (Wildman–Crippen LogP) is -2.34. The maximum absolute atomic E-state index is 10.8. The molecule has 0 aromatic rings. The van der Waals surface area contributed by atoms with E-state index in [2.05, 4.69) is 9.47 Å². The normalized spacial score (nSPS) is 13.2. The summed E-state index contributed by atoms with van der Waals surface area (Å²) in [4.78, 5) is 41.9. The van der Waals surface area contributed by atoms with Crippen LogP contribution in [0, 0.1) is 0 Å². The Bertz CT molecular complexity index is 314. The Morgan fingerprint density at radius 1 is 0.778 bits per heavy atom. The lowest BCUT2D eigenvalue weighted by Crippen LogP contribution is -2.28. The van der Waals surface area contributed by atoms with Gasteiger partial charge in [0, 0.05) is 0 Å². The number of carbonyl (C=O) groups excluding carboxylic acids is 2. The average molecular weight is 266 g/mol. The summed E-state index contributed by atoms with van der Waals surface area (Å²) >= 11 is 0. The number of ether oxygens (including phenoxy) is 2. The van der Waals surface area contributed by atoms with Crippen LogP contribution in [0.3, 0.4) is 0 Å². The predicted molar refractivity (Wildman–Crippen MR) is 48.7 cm³/mol. The van der Waals surface area contributed by atoms with Crippen LogP contribution in [0.25, 0.3) is 0 Å². The second kappa shape index (κ2) is 7.19. The van der Waals surface area contributed by atoms with Gasteiger partial charge in [-0.2, -0.15) is 0 Å². The van der Waals surface area contributed by atoms with Crippen molar-refractivity contribution in [2.75, 3.05) is 0 Å². The van der Waals surface area contributed by atoms with Gasteiger partial charge in [-0.15, -0.1) is 0 Å². The molecule has 0 saturated heterocycles. The molecule has 0 amide bonds. The van der Waals surface area contributed by atoms with E-state index in [0.29, 0.717) is 0 Å². The Balaban J connectivity index is 3.96. The van der Waals surface area contributed by atoms with Crippen molar-refractivity contribution in [3.63, 3.8) is 0 Å². The lowest BCUT2D eigenvalue weighted by atomic mass is 10.3. The molecule has 102 valence electrons. The van der Waals surface area contributed by atoms with E-state index >= 15 is 0 Å². The number of carboxylic acid groups (broad SMARTS) is 2. The van der Waals surface area contributed by atoms with E-state index in [4.69, 9.17) is 20.4 Å². The topological polar surface area (TPSA) is 168 Å². The molecule has 2 unspecified atom stereocenters. The van der Waals surface area contributed by atoms with Crippen molar-refractivity contribution in [1.82, 2.24) is 0 Å². The van der Waals surface area contributed by atoms with Gasteiger partial charge in [-0.1, -0.05) is 0 Å². The molecule has 0 rings (SSSR count). The van der Waals surface area contributed by atoms with Crippen LogP contribution in [0.5, 0.6) is 0 Å². The number of aliphatic hydroxyl groups is 2.